The minimum absolute atomic E-state index is 0. The third-order valence-corrected chi connectivity index (χ3v) is 4.83. The van der Waals surface area contributed by atoms with Crippen LogP contribution >= 0.6 is 24.0 Å². The lowest BCUT2D eigenvalue weighted by Crippen LogP contribution is -2.47. The zero-order valence-electron chi connectivity index (χ0n) is 17.4. The maximum Gasteiger partial charge on any atom is 0.222 e. The molecule has 2 rings (SSSR count). The van der Waals surface area contributed by atoms with Gasteiger partial charge < -0.3 is 20.3 Å². The van der Waals surface area contributed by atoms with Crippen molar-refractivity contribution in [3.05, 3.63) is 0 Å². The van der Waals surface area contributed by atoms with Gasteiger partial charge in [0.05, 0.1) is 19.3 Å². The number of aliphatic imine (C=N–C) groups is 1. The molecule has 1 amide bonds. The molecule has 0 radical (unpaired) electrons. The van der Waals surface area contributed by atoms with Gasteiger partial charge in [-0.1, -0.05) is 20.8 Å². The number of carbonyl (C=O) groups is 1. The summed E-state index contributed by atoms with van der Waals surface area (Å²) in [6, 6.07) is 0.271. The Morgan fingerprint density at radius 2 is 2.04 bits per heavy atom. The van der Waals surface area contributed by atoms with Gasteiger partial charge >= 0.3 is 0 Å². The number of nitrogens with one attached hydrogen (secondary N) is 2. The number of rotatable bonds is 7. The molecular weight excluding hydrogens is 457 g/mol. The third kappa shape index (κ3) is 8.51. The molecule has 2 atom stereocenters. The SMILES string of the molecule is CCNC(=NCC1CN(CC(C)C)CCO1)NC1CCN(C(=O)CC)C1.I. The first-order valence-corrected chi connectivity index (χ1v) is 10.2. The first-order valence-electron chi connectivity index (χ1n) is 10.2. The smallest absolute Gasteiger partial charge is 0.222 e. The van der Waals surface area contributed by atoms with E-state index in [2.05, 4.69) is 36.3 Å². The minimum Gasteiger partial charge on any atom is -0.374 e. The molecule has 0 aromatic heterocycles. The fourth-order valence-electron chi connectivity index (χ4n) is 3.61. The van der Waals surface area contributed by atoms with Gasteiger partial charge in [0.15, 0.2) is 5.96 Å². The van der Waals surface area contributed by atoms with Gasteiger partial charge in [0.25, 0.3) is 0 Å². The van der Waals surface area contributed by atoms with Crippen molar-refractivity contribution in [3.63, 3.8) is 0 Å². The number of amides is 1. The van der Waals surface area contributed by atoms with E-state index in [1.807, 2.05) is 11.8 Å². The average Bonchev–Trinajstić information content (AvgIpc) is 3.07. The first kappa shape index (κ1) is 24.4. The molecule has 2 aliphatic heterocycles. The Kier molecular flexibility index (Phi) is 11.6. The second-order valence-electron chi connectivity index (χ2n) is 7.69. The Morgan fingerprint density at radius 3 is 2.70 bits per heavy atom. The average molecular weight is 495 g/mol. The summed E-state index contributed by atoms with van der Waals surface area (Å²) < 4.78 is 5.89. The molecule has 0 saturated carbocycles. The highest BCUT2D eigenvalue weighted by molar-refractivity contribution is 14.0. The standard InChI is InChI=1S/C19H37N5O2.HI/c1-5-18(25)24-8-7-16(13-24)22-19(20-6-2)21-11-17-14-23(9-10-26-17)12-15(3)4;/h15-17H,5-14H2,1-4H3,(H2,20,21,22);1H. The van der Waals surface area contributed by atoms with Crippen LogP contribution in [0.2, 0.25) is 0 Å². The molecule has 8 heteroatoms. The van der Waals surface area contributed by atoms with Crippen molar-refractivity contribution >= 4 is 35.8 Å². The van der Waals surface area contributed by atoms with Crippen LogP contribution in [0.3, 0.4) is 0 Å². The van der Waals surface area contributed by atoms with Crippen molar-refractivity contribution in [2.24, 2.45) is 10.9 Å². The number of ether oxygens (including phenoxy) is 1. The number of carbonyl (C=O) groups excluding carboxylic acids is 1. The van der Waals surface area contributed by atoms with Crippen LogP contribution in [-0.4, -0.2) is 86.2 Å². The maximum absolute atomic E-state index is 11.8. The number of hydrogen-bond donors (Lipinski definition) is 2. The van der Waals surface area contributed by atoms with Gasteiger partial charge in [-0.15, -0.1) is 24.0 Å². The van der Waals surface area contributed by atoms with Crippen molar-refractivity contribution in [1.82, 2.24) is 20.4 Å². The molecule has 2 N–H and O–H groups in total. The number of likely N-dealkylation sites (tertiary alicyclic amines) is 1. The van der Waals surface area contributed by atoms with Gasteiger partial charge in [0.1, 0.15) is 0 Å². The van der Waals surface area contributed by atoms with Crippen molar-refractivity contribution in [2.45, 2.75) is 52.7 Å². The Balaban J connectivity index is 0.00000364. The number of nitrogens with zero attached hydrogens (tertiary/aromatic N) is 3. The normalized spacial score (nSPS) is 24.0. The molecule has 2 heterocycles. The van der Waals surface area contributed by atoms with E-state index in [9.17, 15) is 4.79 Å². The molecule has 0 aliphatic carbocycles. The second-order valence-corrected chi connectivity index (χ2v) is 7.69. The van der Waals surface area contributed by atoms with Crippen molar-refractivity contribution < 1.29 is 9.53 Å². The summed E-state index contributed by atoms with van der Waals surface area (Å²) in [5.41, 5.74) is 0. The van der Waals surface area contributed by atoms with Crippen LogP contribution in [0.25, 0.3) is 0 Å². The Labute approximate surface area is 181 Å². The number of morpholine rings is 1. The van der Waals surface area contributed by atoms with Gasteiger partial charge in [-0.2, -0.15) is 0 Å². The molecule has 2 unspecified atom stereocenters. The molecule has 158 valence electrons. The quantitative estimate of drug-likeness (QED) is 0.319. The van der Waals surface area contributed by atoms with Crippen LogP contribution < -0.4 is 10.6 Å². The zero-order valence-corrected chi connectivity index (χ0v) is 19.7. The molecule has 7 nitrogen and oxygen atoms in total. The van der Waals surface area contributed by atoms with E-state index in [4.69, 9.17) is 9.73 Å². The summed E-state index contributed by atoms with van der Waals surface area (Å²) >= 11 is 0. The lowest BCUT2D eigenvalue weighted by molar-refractivity contribution is -0.129. The maximum atomic E-state index is 11.8. The summed E-state index contributed by atoms with van der Waals surface area (Å²) in [4.78, 5) is 21.0. The molecular formula is C19H38IN5O2. The number of guanidine groups is 1. The first-order chi connectivity index (χ1) is 12.5. The lowest BCUT2D eigenvalue weighted by Gasteiger charge is -2.33. The Hall–Kier alpha value is -0.610. The second kappa shape index (κ2) is 12.8. The predicted molar refractivity (Wildman–Crippen MR) is 121 cm³/mol. The minimum atomic E-state index is 0. The third-order valence-electron chi connectivity index (χ3n) is 4.83. The topological polar surface area (TPSA) is 69.2 Å². The van der Waals surface area contributed by atoms with Crippen LogP contribution in [0.1, 0.15) is 40.5 Å². The number of hydrogen-bond acceptors (Lipinski definition) is 4. The summed E-state index contributed by atoms with van der Waals surface area (Å²) in [7, 11) is 0. The molecule has 0 spiro atoms. The van der Waals surface area contributed by atoms with Crippen LogP contribution in [0.15, 0.2) is 4.99 Å². The molecule has 2 fully saturated rings. The van der Waals surface area contributed by atoms with E-state index in [-0.39, 0.29) is 42.0 Å². The van der Waals surface area contributed by atoms with E-state index >= 15 is 0 Å². The molecule has 2 saturated heterocycles. The van der Waals surface area contributed by atoms with Gasteiger partial charge in [0.2, 0.25) is 5.91 Å². The van der Waals surface area contributed by atoms with Crippen LogP contribution in [-0.2, 0) is 9.53 Å². The van der Waals surface area contributed by atoms with Crippen LogP contribution in [0, 0.1) is 5.92 Å². The van der Waals surface area contributed by atoms with Gasteiger partial charge in [-0.05, 0) is 19.3 Å². The predicted octanol–water partition coefficient (Wildman–Crippen LogP) is 1.53. The van der Waals surface area contributed by atoms with E-state index in [1.54, 1.807) is 0 Å². The largest absolute Gasteiger partial charge is 0.374 e. The van der Waals surface area contributed by atoms with E-state index in [0.29, 0.717) is 18.9 Å². The summed E-state index contributed by atoms with van der Waals surface area (Å²) in [6.07, 6.45) is 1.70. The molecule has 0 aromatic carbocycles. The van der Waals surface area contributed by atoms with Crippen LogP contribution in [0.5, 0.6) is 0 Å². The highest BCUT2D eigenvalue weighted by Crippen LogP contribution is 2.11. The highest BCUT2D eigenvalue weighted by Gasteiger charge is 2.26. The van der Waals surface area contributed by atoms with E-state index in [0.717, 1.165) is 58.3 Å². The number of halogens is 1. The molecule has 2 aliphatic rings. The monoisotopic (exact) mass is 495 g/mol. The zero-order chi connectivity index (χ0) is 18.9. The van der Waals surface area contributed by atoms with Gasteiger partial charge in [-0.3, -0.25) is 14.7 Å². The summed E-state index contributed by atoms with van der Waals surface area (Å²) in [5.74, 6) is 1.73. The summed E-state index contributed by atoms with van der Waals surface area (Å²) in [6.45, 7) is 15.4. The van der Waals surface area contributed by atoms with Crippen molar-refractivity contribution in [2.75, 3.05) is 52.4 Å². The molecule has 27 heavy (non-hydrogen) atoms. The molecule has 0 bridgehead atoms. The fourth-order valence-corrected chi connectivity index (χ4v) is 3.61. The van der Waals surface area contributed by atoms with Crippen molar-refractivity contribution in [1.29, 1.82) is 0 Å². The summed E-state index contributed by atoms with van der Waals surface area (Å²) in [5, 5.41) is 6.80. The Morgan fingerprint density at radius 1 is 1.26 bits per heavy atom. The van der Waals surface area contributed by atoms with E-state index < -0.39 is 0 Å². The molecule has 0 aromatic rings. The lowest BCUT2D eigenvalue weighted by atomic mass is 10.2. The van der Waals surface area contributed by atoms with Gasteiger partial charge in [0, 0.05) is 51.7 Å². The van der Waals surface area contributed by atoms with Crippen molar-refractivity contribution in [3.8, 4) is 0 Å². The fraction of sp³-hybridized carbons (Fsp3) is 0.895. The highest BCUT2D eigenvalue weighted by atomic mass is 127. The van der Waals surface area contributed by atoms with Gasteiger partial charge in [-0.25, -0.2) is 0 Å². The Bertz CT molecular complexity index is 475. The van der Waals surface area contributed by atoms with Crippen LogP contribution in [0.4, 0.5) is 0 Å². The van der Waals surface area contributed by atoms with E-state index in [1.165, 1.54) is 0 Å².